The predicted octanol–water partition coefficient (Wildman–Crippen LogP) is 3.04. The number of halogens is 1. The van der Waals surface area contributed by atoms with Crippen molar-refractivity contribution in [2.45, 2.75) is 39.3 Å². The van der Waals surface area contributed by atoms with Gasteiger partial charge in [0.2, 0.25) is 5.91 Å². The Morgan fingerprint density at radius 2 is 2.00 bits per heavy atom. The van der Waals surface area contributed by atoms with Crippen LogP contribution >= 0.6 is 0 Å². The van der Waals surface area contributed by atoms with Crippen molar-refractivity contribution in [2.75, 3.05) is 19.6 Å². The molecule has 140 valence electrons. The third-order valence-electron chi connectivity index (χ3n) is 4.07. The highest BCUT2D eigenvalue weighted by Gasteiger charge is 2.35. The molecule has 0 aromatic heterocycles. The van der Waals surface area contributed by atoms with E-state index in [4.69, 9.17) is 11.2 Å². The molecule has 1 aliphatic rings. The lowest BCUT2D eigenvalue weighted by molar-refractivity contribution is -0.135. The van der Waals surface area contributed by atoms with E-state index in [1.165, 1.54) is 12.1 Å². The lowest BCUT2D eigenvalue weighted by atomic mass is 10.1. The molecular formula is C20H25FN2O3. The topological polar surface area (TPSA) is 49.9 Å². The van der Waals surface area contributed by atoms with Crippen LogP contribution < -0.4 is 0 Å². The summed E-state index contributed by atoms with van der Waals surface area (Å²) in [5.74, 6) is 1.76. The van der Waals surface area contributed by atoms with Gasteiger partial charge in [-0.15, -0.1) is 6.42 Å². The highest BCUT2D eigenvalue weighted by atomic mass is 19.1. The first kappa shape index (κ1) is 19.8. The number of likely N-dealkylation sites (tertiary alicyclic amines) is 1. The molecule has 26 heavy (non-hydrogen) atoms. The molecule has 1 unspecified atom stereocenters. The number of amides is 2. The quantitative estimate of drug-likeness (QED) is 0.776. The Balaban J connectivity index is 2.00. The number of ether oxygens (including phenoxy) is 1. The van der Waals surface area contributed by atoms with Crippen LogP contribution in [0.3, 0.4) is 0 Å². The minimum atomic E-state index is -0.572. The molecule has 2 amide bonds. The molecule has 1 aliphatic heterocycles. The zero-order chi connectivity index (χ0) is 19.3. The van der Waals surface area contributed by atoms with Gasteiger partial charge in [0.15, 0.2) is 0 Å². The predicted molar refractivity (Wildman–Crippen MR) is 96.6 cm³/mol. The standard InChI is InChI=1S/C20H25FN2O3/c1-5-11-22(13-15-6-8-17(21)9-7-15)18(24)16-10-12-23(14-16)19(25)26-20(2,3)4/h1,6-9,16H,10-14H2,2-4H3. The second-order valence-electron chi connectivity index (χ2n) is 7.44. The lowest BCUT2D eigenvalue weighted by Crippen LogP contribution is -2.39. The summed E-state index contributed by atoms with van der Waals surface area (Å²) in [7, 11) is 0. The first-order valence-corrected chi connectivity index (χ1v) is 8.64. The third kappa shape index (κ3) is 5.48. The monoisotopic (exact) mass is 360 g/mol. The highest BCUT2D eigenvalue weighted by molar-refractivity contribution is 5.81. The molecule has 0 N–H and O–H groups in total. The van der Waals surface area contributed by atoms with Crippen molar-refractivity contribution >= 4 is 12.0 Å². The maximum absolute atomic E-state index is 13.1. The summed E-state index contributed by atoms with van der Waals surface area (Å²) >= 11 is 0. The van der Waals surface area contributed by atoms with E-state index in [9.17, 15) is 14.0 Å². The first-order chi connectivity index (χ1) is 12.2. The summed E-state index contributed by atoms with van der Waals surface area (Å²) in [6, 6.07) is 5.98. The minimum Gasteiger partial charge on any atom is -0.444 e. The molecule has 0 radical (unpaired) electrons. The third-order valence-corrected chi connectivity index (χ3v) is 4.07. The molecule has 5 nitrogen and oxygen atoms in total. The summed E-state index contributed by atoms with van der Waals surface area (Å²) in [5.41, 5.74) is 0.231. The highest BCUT2D eigenvalue weighted by Crippen LogP contribution is 2.22. The first-order valence-electron chi connectivity index (χ1n) is 8.64. The average Bonchev–Trinajstić information content (AvgIpc) is 3.04. The Bertz CT molecular complexity index is 688. The molecule has 1 aromatic rings. The van der Waals surface area contributed by atoms with Gasteiger partial charge in [0.05, 0.1) is 12.5 Å². The number of carbonyl (C=O) groups excluding carboxylic acids is 2. The van der Waals surface area contributed by atoms with E-state index in [2.05, 4.69) is 5.92 Å². The van der Waals surface area contributed by atoms with Crippen LogP contribution in [0.15, 0.2) is 24.3 Å². The van der Waals surface area contributed by atoms with Crippen LogP contribution in [0.25, 0.3) is 0 Å². The maximum atomic E-state index is 13.1. The van der Waals surface area contributed by atoms with Gasteiger partial charge < -0.3 is 14.5 Å². The maximum Gasteiger partial charge on any atom is 0.410 e. The van der Waals surface area contributed by atoms with Crippen molar-refractivity contribution in [1.82, 2.24) is 9.80 Å². The number of benzene rings is 1. The molecule has 0 bridgehead atoms. The summed E-state index contributed by atoms with van der Waals surface area (Å²) in [6.45, 7) is 6.69. The van der Waals surface area contributed by atoms with Gasteiger partial charge in [0.25, 0.3) is 0 Å². The molecular weight excluding hydrogens is 335 g/mol. The van der Waals surface area contributed by atoms with Crippen molar-refractivity contribution in [3.8, 4) is 12.3 Å². The van der Waals surface area contributed by atoms with Crippen LogP contribution in [0.1, 0.15) is 32.8 Å². The van der Waals surface area contributed by atoms with Gasteiger partial charge in [-0.2, -0.15) is 0 Å². The number of carbonyl (C=O) groups is 2. The van der Waals surface area contributed by atoms with Gasteiger partial charge in [-0.05, 0) is 44.9 Å². The Kier molecular flexibility index (Phi) is 6.25. The average molecular weight is 360 g/mol. The van der Waals surface area contributed by atoms with Gasteiger partial charge in [-0.3, -0.25) is 4.79 Å². The fraction of sp³-hybridized carbons (Fsp3) is 0.500. The molecule has 1 fully saturated rings. The second-order valence-corrected chi connectivity index (χ2v) is 7.44. The molecule has 1 heterocycles. The van der Waals surface area contributed by atoms with Crippen LogP contribution in [0.4, 0.5) is 9.18 Å². The largest absolute Gasteiger partial charge is 0.444 e. The zero-order valence-electron chi connectivity index (χ0n) is 15.5. The fourth-order valence-corrected chi connectivity index (χ4v) is 2.84. The van der Waals surface area contributed by atoms with E-state index < -0.39 is 11.7 Å². The van der Waals surface area contributed by atoms with E-state index in [-0.39, 0.29) is 24.2 Å². The van der Waals surface area contributed by atoms with Gasteiger partial charge >= 0.3 is 6.09 Å². The van der Waals surface area contributed by atoms with E-state index in [0.717, 1.165) is 5.56 Å². The number of rotatable bonds is 4. The zero-order valence-corrected chi connectivity index (χ0v) is 15.5. The summed E-state index contributed by atoms with van der Waals surface area (Å²) in [6.07, 6.45) is 5.56. The molecule has 2 rings (SSSR count). The Morgan fingerprint density at radius 3 is 2.58 bits per heavy atom. The number of hydrogen-bond acceptors (Lipinski definition) is 3. The van der Waals surface area contributed by atoms with Gasteiger partial charge in [0, 0.05) is 19.6 Å². The van der Waals surface area contributed by atoms with Crippen LogP contribution in [0, 0.1) is 24.1 Å². The SMILES string of the molecule is C#CCN(Cc1ccc(F)cc1)C(=O)C1CCN(C(=O)OC(C)(C)C)C1. The van der Waals surface area contributed by atoms with Gasteiger partial charge in [-0.1, -0.05) is 18.1 Å². The van der Waals surface area contributed by atoms with E-state index in [0.29, 0.717) is 26.1 Å². The normalized spacial score (nSPS) is 16.9. The van der Waals surface area contributed by atoms with Crippen molar-refractivity contribution in [2.24, 2.45) is 5.92 Å². The van der Waals surface area contributed by atoms with E-state index in [1.54, 1.807) is 42.7 Å². The number of nitrogens with zero attached hydrogens (tertiary/aromatic N) is 2. The Labute approximate surface area is 154 Å². The molecule has 0 aliphatic carbocycles. The van der Waals surface area contributed by atoms with Crippen molar-refractivity contribution < 1.29 is 18.7 Å². The smallest absolute Gasteiger partial charge is 0.410 e. The number of terminal acetylenes is 1. The molecule has 1 saturated heterocycles. The summed E-state index contributed by atoms with van der Waals surface area (Å²) < 4.78 is 18.4. The minimum absolute atomic E-state index is 0.0988. The van der Waals surface area contributed by atoms with Crippen LogP contribution in [0.2, 0.25) is 0 Å². The molecule has 6 heteroatoms. The molecule has 1 aromatic carbocycles. The van der Waals surface area contributed by atoms with Crippen LogP contribution in [0.5, 0.6) is 0 Å². The number of hydrogen-bond donors (Lipinski definition) is 0. The molecule has 1 atom stereocenters. The van der Waals surface area contributed by atoms with Crippen LogP contribution in [-0.4, -0.2) is 47.0 Å². The van der Waals surface area contributed by atoms with Crippen LogP contribution in [-0.2, 0) is 16.1 Å². The summed E-state index contributed by atoms with van der Waals surface area (Å²) in [5, 5.41) is 0. The van der Waals surface area contributed by atoms with Crippen molar-refractivity contribution in [3.05, 3.63) is 35.6 Å². The molecule has 0 spiro atoms. The van der Waals surface area contributed by atoms with Crippen molar-refractivity contribution in [3.63, 3.8) is 0 Å². The lowest BCUT2D eigenvalue weighted by Gasteiger charge is -2.26. The second kappa shape index (κ2) is 8.22. The Hall–Kier alpha value is -2.55. The molecule has 0 saturated carbocycles. The van der Waals surface area contributed by atoms with E-state index >= 15 is 0 Å². The van der Waals surface area contributed by atoms with Crippen molar-refractivity contribution in [1.29, 1.82) is 0 Å². The van der Waals surface area contributed by atoms with E-state index in [1.807, 2.05) is 0 Å². The Morgan fingerprint density at radius 1 is 1.35 bits per heavy atom. The summed E-state index contributed by atoms with van der Waals surface area (Å²) in [4.78, 5) is 28.1. The fourth-order valence-electron chi connectivity index (χ4n) is 2.84. The van der Waals surface area contributed by atoms with Gasteiger partial charge in [-0.25, -0.2) is 9.18 Å². The van der Waals surface area contributed by atoms with Gasteiger partial charge in [0.1, 0.15) is 11.4 Å².